The molecule has 7 heteroatoms. The Morgan fingerprint density at radius 3 is 2.89 bits per heavy atom. The Labute approximate surface area is 161 Å². The van der Waals surface area contributed by atoms with Gasteiger partial charge >= 0.3 is 0 Å². The van der Waals surface area contributed by atoms with E-state index in [0.717, 1.165) is 6.42 Å². The zero-order chi connectivity index (χ0) is 19.5. The Kier molecular flexibility index (Phi) is 4.85. The lowest BCUT2D eigenvalue weighted by Crippen LogP contribution is -2.29. The van der Waals surface area contributed by atoms with Gasteiger partial charge in [0.15, 0.2) is 5.82 Å². The van der Waals surface area contributed by atoms with Gasteiger partial charge < -0.3 is 9.42 Å². The molecular weight excluding hydrogens is 359 g/mol. The van der Waals surface area contributed by atoms with Gasteiger partial charge in [-0.3, -0.25) is 4.79 Å². The highest BCUT2D eigenvalue weighted by molar-refractivity contribution is 5.94. The van der Waals surface area contributed by atoms with Crippen LogP contribution in [0.25, 0.3) is 11.5 Å². The number of carbonyl (C=O) groups excluding carboxylic acids is 1. The van der Waals surface area contributed by atoms with E-state index < -0.39 is 0 Å². The molecule has 0 radical (unpaired) electrons. The Balaban J connectivity index is 1.39. The molecule has 6 nitrogen and oxygen atoms in total. The number of hydrogen-bond donors (Lipinski definition) is 0. The summed E-state index contributed by atoms with van der Waals surface area (Å²) in [4.78, 5) is 18.8. The second-order valence-corrected chi connectivity index (χ2v) is 6.83. The zero-order valence-electron chi connectivity index (χ0n) is 15.0. The lowest BCUT2D eigenvalue weighted by Gasteiger charge is -2.16. The highest BCUT2D eigenvalue weighted by Gasteiger charge is 2.28. The Bertz CT molecular complexity index is 1040. The van der Waals surface area contributed by atoms with Crippen LogP contribution in [-0.4, -0.2) is 34.0 Å². The van der Waals surface area contributed by atoms with E-state index in [1.165, 1.54) is 12.1 Å². The van der Waals surface area contributed by atoms with Crippen molar-refractivity contribution >= 4 is 5.91 Å². The van der Waals surface area contributed by atoms with E-state index in [2.05, 4.69) is 16.2 Å². The lowest BCUT2D eigenvalue weighted by atomic mass is 10.0. The molecule has 2 aromatic carbocycles. The normalized spacial score (nSPS) is 16.1. The molecule has 1 unspecified atom stereocenters. The smallest absolute Gasteiger partial charge is 0.257 e. The molecule has 1 aliphatic rings. The van der Waals surface area contributed by atoms with Crippen molar-refractivity contribution in [2.75, 3.05) is 13.1 Å². The Morgan fingerprint density at radius 1 is 1.29 bits per heavy atom. The molecule has 2 heterocycles. The number of rotatable bonds is 4. The maximum absolute atomic E-state index is 13.0. The van der Waals surface area contributed by atoms with Crippen LogP contribution in [-0.2, 0) is 6.42 Å². The average Bonchev–Trinajstić information content (AvgIpc) is 3.38. The van der Waals surface area contributed by atoms with Gasteiger partial charge in [-0.2, -0.15) is 10.2 Å². The first-order valence-corrected chi connectivity index (χ1v) is 9.00. The Hall–Kier alpha value is -3.53. The first-order valence-electron chi connectivity index (χ1n) is 9.00. The summed E-state index contributed by atoms with van der Waals surface area (Å²) in [6.07, 6.45) is 1.46. The molecule has 1 amide bonds. The second-order valence-electron chi connectivity index (χ2n) is 6.83. The molecule has 0 saturated carbocycles. The minimum atomic E-state index is -0.320. The molecule has 1 aliphatic heterocycles. The summed E-state index contributed by atoms with van der Waals surface area (Å²) in [7, 11) is 0. The lowest BCUT2D eigenvalue weighted by molar-refractivity contribution is 0.0787. The monoisotopic (exact) mass is 376 g/mol. The van der Waals surface area contributed by atoms with Crippen LogP contribution < -0.4 is 0 Å². The predicted octanol–water partition coefficient (Wildman–Crippen LogP) is 3.45. The highest BCUT2D eigenvalue weighted by atomic mass is 19.1. The van der Waals surface area contributed by atoms with E-state index in [-0.39, 0.29) is 17.6 Å². The van der Waals surface area contributed by atoms with E-state index in [9.17, 15) is 9.18 Å². The van der Waals surface area contributed by atoms with Crippen molar-refractivity contribution in [3.05, 3.63) is 71.3 Å². The molecule has 0 aliphatic carbocycles. The summed E-state index contributed by atoms with van der Waals surface area (Å²) in [5, 5.41) is 13.0. The molecular formula is C21H17FN4O2. The zero-order valence-corrected chi connectivity index (χ0v) is 15.0. The number of nitriles is 1. The fourth-order valence-corrected chi connectivity index (χ4v) is 3.39. The first-order chi connectivity index (χ1) is 13.6. The van der Waals surface area contributed by atoms with Crippen LogP contribution >= 0.6 is 0 Å². The number of carbonyl (C=O) groups is 1. The van der Waals surface area contributed by atoms with Crippen LogP contribution in [0, 0.1) is 23.1 Å². The molecule has 1 fully saturated rings. The Morgan fingerprint density at radius 2 is 2.11 bits per heavy atom. The first kappa shape index (κ1) is 17.9. The van der Waals surface area contributed by atoms with Crippen molar-refractivity contribution < 1.29 is 13.7 Å². The van der Waals surface area contributed by atoms with Gasteiger partial charge in [0.1, 0.15) is 5.82 Å². The fraction of sp³-hybridized carbons (Fsp3) is 0.238. The number of hydrogen-bond acceptors (Lipinski definition) is 5. The quantitative estimate of drug-likeness (QED) is 0.696. The number of aromatic nitrogens is 2. The number of amides is 1. The van der Waals surface area contributed by atoms with Crippen LogP contribution in [0.4, 0.5) is 4.39 Å². The minimum Gasteiger partial charge on any atom is -0.338 e. The summed E-state index contributed by atoms with van der Waals surface area (Å²) in [5.41, 5.74) is 1.67. The summed E-state index contributed by atoms with van der Waals surface area (Å²) >= 11 is 0. The van der Waals surface area contributed by atoms with E-state index in [1.807, 2.05) is 0 Å². The number of likely N-dealkylation sites (tertiary alicyclic amines) is 1. The van der Waals surface area contributed by atoms with E-state index in [1.54, 1.807) is 41.3 Å². The van der Waals surface area contributed by atoms with Crippen LogP contribution in [0.2, 0.25) is 0 Å². The molecule has 28 heavy (non-hydrogen) atoms. The minimum absolute atomic E-state index is 0.0697. The van der Waals surface area contributed by atoms with Crippen molar-refractivity contribution in [2.45, 2.75) is 12.8 Å². The molecule has 1 atom stereocenters. The predicted molar refractivity (Wildman–Crippen MR) is 98.6 cm³/mol. The maximum atomic E-state index is 13.0. The average molecular weight is 376 g/mol. The topological polar surface area (TPSA) is 83.0 Å². The van der Waals surface area contributed by atoms with Crippen LogP contribution in [0.5, 0.6) is 0 Å². The molecule has 1 aromatic heterocycles. The van der Waals surface area contributed by atoms with Gasteiger partial charge in [-0.25, -0.2) is 4.39 Å². The van der Waals surface area contributed by atoms with E-state index in [0.29, 0.717) is 47.9 Å². The standard InChI is InChI=1S/C21H17FN4O2/c22-18-6-4-16(5-7-18)20-24-19(25-28-20)11-15-8-9-26(13-15)21(27)17-3-1-2-14(10-17)12-23/h1-7,10,15H,8-9,11,13H2. The molecule has 0 bridgehead atoms. The van der Waals surface area contributed by atoms with Crippen molar-refractivity contribution in [1.82, 2.24) is 15.0 Å². The van der Waals surface area contributed by atoms with Gasteiger partial charge in [0.25, 0.3) is 11.8 Å². The molecule has 1 saturated heterocycles. The maximum Gasteiger partial charge on any atom is 0.257 e. The summed E-state index contributed by atoms with van der Waals surface area (Å²) in [6, 6.07) is 14.7. The largest absolute Gasteiger partial charge is 0.338 e. The van der Waals surface area contributed by atoms with Gasteiger partial charge in [-0.1, -0.05) is 11.2 Å². The third kappa shape index (κ3) is 3.76. The number of nitrogens with zero attached hydrogens (tertiary/aromatic N) is 4. The summed E-state index contributed by atoms with van der Waals surface area (Å²) < 4.78 is 18.3. The van der Waals surface area contributed by atoms with Gasteiger partial charge in [0, 0.05) is 30.6 Å². The molecule has 4 rings (SSSR count). The van der Waals surface area contributed by atoms with Gasteiger partial charge in [-0.15, -0.1) is 0 Å². The molecule has 0 N–H and O–H groups in total. The van der Waals surface area contributed by atoms with Crippen molar-refractivity contribution in [3.63, 3.8) is 0 Å². The summed E-state index contributed by atoms with van der Waals surface area (Å²) in [6.45, 7) is 1.26. The molecule has 140 valence electrons. The second kappa shape index (κ2) is 7.61. The van der Waals surface area contributed by atoms with Gasteiger partial charge in [0.05, 0.1) is 11.6 Å². The third-order valence-corrected chi connectivity index (χ3v) is 4.84. The van der Waals surface area contributed by atoms with E-state index >= 15 is 0 Å². The van der Waals surface area contributed by atoms with Crippen molar-refractivity contribution in [3.8, 4) is 17.5 Å². The number of benzene rings is 2. The summed E-state index contributed by atoms with van der Waals surface area (Å²) in [5.74, 6) is 0.778. The van der Waals surface area contributed by atoms with Crippen LogP contribution in [0.1, 0.15) is 28.2 Å². The van der Waals surface area contributed by atoms with Crippen LogP contribution in [0.3, 0.4) is 0 Å². The molecule has 0 spiro atoms. The van der Waals surface area contributed by atoms with E-state index in [4.69, 9.17) is 9.78 Å². The fourth-order valence-electron chi connectivity index (χ4n) is 3.39. The highest BCUT2D eigenvalue weighted by Crippen LogP contribution is 2.24. The number of halogens is 1. The SMILES string of the molecule is N#Cc1cccc(C(=O)N2CCC(Cc3noc(-c4ccc(F)cc4)n3)C2)c1. The molecule has 3 aromatic rings. The van der Waals surface area contributed by atoms with Crippen molar-refractivity contribution in [1.29, 1.82) is 5.26 Å². The third-order valence-electron chi connectivity index (χ3n) is 4.84. The van der Waals surface area contributed by atoms with Gasteiger partial charge in [0.2, 0.25) is 0 Å². The van der Waals surface area contributed by atoms with Gasteiger partial charge in [-0.05, 0) is 54.8 Å². The van der Waals surface area contributed by atoms with Crippen molar-refractivity contribution in [2.24, 2.45) is 5.92 Å². The van der Waals surface area contributed by atoms with Crippen LogP contribution in [0.15, 0.2) is 53.1 Å².